The largest absolute Gasteiger partial charge is 0.493 e. The fourth-order valence-corrected chi connectivity index (χ4v) is 3.43. The second-order valence-electron chi connectivity index (χ2n) is 7.80. The Kier molecular flexibility index (Phi) is 7.72. The molecule has 1 unspecified atom stereocenters. The van der Waals surface area contributed by atoms with E-state index in [-0.39, 0.29) is 6.42 Å². The molecular formula is C27H29NO5. The highest BCUT2D eigenvalue weighted by atomic mass is 16.5. The molecular weight excluding hydrogens is 418 g/mol. The Bertz CT molecular complexity index is 1100. The van der Waals surface area contributed by atoms with E-state index < -0.39 is 17.6 Å². The van der Waals surface area contributed by atoms with Crippen molar-refractivity contribution >= 4 is 11.9 Å². The van der Waals surface area contributed by atoms with Crippen LogP contribution in [0.1, 0.15) is 40.4 Å². The minimum absolute atomic E-state index is 0.0364. The number of carbonyl (C=O) groups is 2. The van der Waals surface area contributed by atoms with Crippen molar-refractivity contribution in [2.24, 2.45) is 0 Å². The summed E-state index contributed by atoms with van der Waals surface area (Å²) in [6, 6.07) is 22.0. The Balaban J connectivity index is 1.76. The van der Waals surface area contributed by atoms with Crippen molar-refractivity contribution < 1.29 is 24.2 Å². The predicted molar refractivity (Wildman–Crippen MR) is 127 cm³/mol. The number of nitrogens with one attached hydrogen (secondary N) is 1. The van der Waals surface area contributed by atoms with E-state index in [2.05, 4.69) is 17.4 Å². The van der Waals surface area contributed by atoms with Crippen molar-refractivity contribution in [3.8, 4) is 11.5 Å². The van der Waals surface area contributed by atoms with E-state index >= 15 is 0 Å². The third kappa shape index (κ3) is 5.71. The first kappa shape index (κ1) is 23.9. The lowest BCUT2D eigenvalue weighted by Crippen LogP contribution is -2.58. The van der Waals surface area contributed by atoms with Crippen molar-refractivity contribution in [1.29, 1.82) is 0 Å². The molecule has 3 rings (SSSR count). The normalized spacial score (nSPS) is 12.5. The molecule has 3 aromatic carbocycles. The van der Waals surface area contributed by atoms with Crippen LogP contribution in [0.4, 0.5) is 0 Å². The number of benzene rings is 3. The summed E-state index contributed by atoms with van der Waals surface area (Å²) in [5.41, 5.74) is 1.25. The van der Waals surface area contributed by atoms with Crippen LogP contribution in [0.15, 0.2) is 72.8 Å². The minimum atomic E-state index is -1.90. The fourth-order valence-electron chi connectivity index (χ4n) is 3.43. The maximum absolute atomic E-state index is 12.7. The van der Waals surface area contributed by atoms with Crippen LogP contribution in [0.5, 0.6) is 11.5 Å². The molecule has 0 radical (unpaired) electrons. The van der Waals surface area contributed by atoms with Crippen LogP contribution in [-0.2, 0) is 11.2 Å². The summed E-state index contributed by atoms with van der Waals surface area (Å²) in [4.78, 5) is 24.9. The molecule has 6 heteroatoms. The van der Waals surface area contributed by atoms with Gasteiger partial charge in [-0.15, -0.1) is 0 Å². The number of rotatable bonds is 10. The Morgan fingerprint density at radius 2 is 1.45 bits per heavy atom. The van der Waals surface area contributed by atoms with Crippen molar-refractivity contribution in [1.82, 2.24) is 5.32 Å². The molecule has 1 atom stereocenters. The van der Waals surface area contributed by atoms with Gasteiger partial charge >= 0.3 is 5.97 Å². The van der Waals surface area contributed by atoms with E-state index in [0.717, 1.165) is 17.5 Å². The quantitative estimate of drug-likeness (QED) is 0.431. The third-order valence-electron chi connectivity index (χ3n) is 5.66. The van der Waals surface area contributed by atoms with Gasteiger partial charge < -0.3 is 19.9 Å². The summed E-state index contributed by atoms with van der Waals surface area (Å²) >= 11 is 0. The lowest BCUT2D eigenvalue weighted by Gasteiger charge is -2.31. The van der Waals surface area contributed by atoms with E-state index in [9.17, 15) is 14.7 Å². The molecule has 6 nitrogen and oxygen atoms in total. The highest BCUT2D eigenvalue weighted by molar-refractivity contribution is 5.97. The number of ether oxygens (including phenoxy) is 2. The lowest BCUT2D eigenvalue weighted by atomic mass is 10.1. The smallest absolute Gasteiger partial charge is 0.370 e. The Hall–Kier alpha value is -3.80. The van der Waals surface area contributed by atoms with Crippen LogP contribution < -0.4 is 14.8 Å². The predicted octanol–water partition coefficient (Wildman–Crippen LogP) is 4.92. The highest BCUT2D eigenvalue weighted by Gasteiger charge is 2.42. The van der Waals surface area contributed by atoms with E-state index in [1.807, 2.05) is 32.0 Å². The number of carbonyl (C=O) groups excluding carboxylic acids is 1. The summed E-state index contributed by atoms with van der Waals surface area (Å²) in [6.07, 6.45) is 0.815. The molecule has 172 valence electrons. The third-order valence-corrected chi connectivity index (χ3v) is 5.66. The van der Waals surface area contributed by atoms with Crippen LogP contribution in [0.25, 0.3) is 0 Å². The van der Waals surface area contributed by atoms with Gasteiger partial charge in [0.25, 0.3) is 11.6 Å². The zero-order chi connectivity index (χ0) is 23.8. The molecule has 33 heavy (non-hydrogen) atoms. The first-order valence-electron chi connectivity index (χ1n) is 10.9. The van der Waals surface area contributed by atoms with E-state index in [0.29, 0.717) is 23.7 Å². The van der Waals surface area contributed by atoms with Gasteiger partial charge in [0, 0.05) is 18.4 Å². The average molecular weight is 448 g/mol. The molecule has 3 aromatic rings. The van der Waals surface area contributed by atoms with Crippen molar-refractivity contribution in [3.63, 3.8) is 0 Å². The first-order chi connectivity index (χ1) is 15.9. The van der Waals surface area contributed by atoms with Crippen LogP contribution in [-0.4, -0.2) is 29.3 Å². The molecule has 0 aliphatic heterocycles. The molecule has 0 saturated carbocycles. The number of hydrogen-bond acceptors (Lipinski definition) is 4. The van der Waals surface area contributed by atoms with Gasteiger partial charge in [-0.3, -0.25) is 4.79 Å². The molecule has 2 N–H and O–H groups in total. The topological polar surface area (TPSA) is 84.9 Å². The molecule has 0 heterocycles. The standard InChI is InChI=1S/C27H29NO5/c1-4-27(26(30)31,28-25(29)22-13-9-6-10-14-22)33-24-16-15-23(19(2)20(24)3)32-18-17-21-11-7-5-8-12-21/h5-16H,4,17-18H2,1-3H3,(H,28,29)(H,30,31). The maximum atomic E-state index is 12.7. The fraction of sp³-hybridized carbons (Fsp3) is 0.259. The Morgan fingerprint density at radius 3 is 2.06 bits per heavy atom. The van der Waals surface area contributed by atoms with Gasteiger partial charge in [0.05, 0.1) is 6.61 Å². The number of aliphatic carboxylic acids is 1. The van der Waals surface area contributed by atoms with Crippen LogP contribution in [0, 0.1) is 13.8 Å². The molecule has 0 aliphatic carbocycles. The van der Waals surface area contributed by atoms with Crippen molar-refractivity contribution in [2.75, 3.05) is 6.61 Å². The zero-order valence-corrected chi connectivity index (χ0v) is 19.1. The number of hydrogen-bond donors (Lipinski definition) is 2. The SMILES string of the molecule is CCC(NC(=O)c1ccccc1)(Oc1ccc(OCCc2ccccc2)c(C)c1C)C(=O)O. The second-order valence-corrected chi connectivity index (χ2v) is 7.80. The zero-order valence-electron chi connectivity index (χ0n) is 19.1. The van der Waals surface area contributed by atoms with E-state index in [1.54, 1.807) is 49.4 Å². The summed E-state index contributed by atoms with van der Waals surface area (Å²) in [5, 5.41) is 12.5. The summed E-state index contributed by atoms with van der Waals surface area (Å²) in [6.45, 7) is 5.92. The van der Waals surface area contributed by atoms with Gasteiger partial charge in [0.2, 0.25) is 0 Å². The first-order valence-corrected chi connectivity index (χ1v) is 10.9. The molecule has 1 amide bonds. The van der Waals surface area contributed by atoms with Crippen molar-refractivity contribution in [3.05, 3.63) is 95.1 Å². The van der Waals surface area contributed by atoms with Crippen LogP contribution in [0.3, 0.4) is 0 Å². The lowest BCUT2D eigenvalue weighted by molar-refractivity contribution is -0.158. The van der Waals surface area contributed by atoms with Gasteiger partial charge in [-0.2, -0.15) is 0 Å². The summed E-state index contributed by atoms with van der Waals surface area (Å²) < 4.78 is 11.9. The highest BCUT2D eigenvalue weighted by Crippen LogP contribution is 2.32. The van der Waals surface area contributed by atoms with Crippen molar-refractivity contribution in [2.45, 2.75) is 39.3 Å². The van der Waals surface area contributed by atoms with Crippen LogP contribution in [0.2, 0.25) is 0 Å². The molecule has 0 fully saturated rings. The van der Waals surface area contributed by atoms with Gasteiger partial charge in [-0.25, -0.2) is 4.79 Å². The Morgan fingerprint density at radius 1 is 0.879 bits per heavy atom. The summed E-state index contributed by atoms with van der Waals surface area (Å²) in [5.74, 6) is -0.702. The Labute approximate surface area is 194 Å². The van der Waals surface area contributed by atoms with Gasteiger partial charge in [0.1, 0.15) is 11.5 Å². The van der Waals surface area contributed by atoms with E-state index in [4.69, 9.17) is 9.47 Å². The summed E-state index contributed by atoms with van der Waals surface area (Å²) in [7, 11) is 0. The molecule has 0 aliphatic rings. The number of carboxylic acids is 1. The van der Waals surface area contributed by atoms with Gasteiger partial charge in [0.15, 0.2) is 0 Å². The second kappa shape index (κ2) is 10.7. The monoisotopic (exact) mass is 447 g/mol. The van der Waals surface area contributed by atoms with Gasteiger partial charge in [-0.1, -0.05) is 55.5 Å². The van der Waals surface area contributed by atoms with Gasteiger partial charge in [-0.05, 0) is 54.8 Å². The minimum Gasteiger partial charge on any atom is -0.493 e. The number of amides is 1. The average Bonchev–Trinajstić information content (AvgIpc) is 2.83. The molecule has 0 spiro atoms. The molecule has 0 saturated heterocycles. The number of carboxylic acid groups (broad SMARTS) is 1. The molecule has 0 aromatic heterocycles. The molecule has 0 bridgehead atoms. The van der Waals surface area contributed by atoms with E-state index in [1.165, 1.54) is 5.56 Å². The maximum Gasteiger partial charge on any atom is 0.370 e. The van der Waals surface area contributed by atoms with Crippen LogP contribution >= 0.6 is 0 Å².